The molecule has 0 aromatic rings. The van der Waals surface area contributed by atoms with Crippen LogP contribution >= 0.6 is 0 Å². The van der Waals surface area contributed by atoms with Crippen molar-refractivity contribution in [3.8, 4) is 0 Å². The molecule has 0 radical (unpaired) electrons. The van der Waals surface area contributed by atoms with E-state index in [4.69, 9.17) is 0 Å². The molecule has 2 heteroatoms. The average Bonchev–Trinajstić information content (AvgIpc) is 1.79. The van der Waals surface area contributed by atoms with Crippen LogP contribution < -0.4 is 0 Å². The summed E-state index contributed by atoms with van der Waals surface area (Å²) in [6.07, 6.45) is 1.44. The van der Waals surface area contributed by atoms with E-state index in [1.807, 2.05) is 0 Å². The van der Waals surface area contributed by atoms with Gasteiger partial charge in [0.05, 0.1) is 0 Å². The van der Waals surface area contributed by atoms with E-state index < -0.39 is 0 Å². The zero-order valence-corrected chi connectivity index (χ0v) is 6.93. The Labute approximate surface area is 62.8 Å². The van der Waals surface area contributed by atoms with Crippen LogP contribution in [0.15, 0.2) is 0 Å². The van der Waals surface area contributed by atoms with Gasteiger partial charge in [0.1, 0.15) is 0 Å². The highest BCUT2D eigenvalue weighted by atomic mass is 15.4. The third-order valence-electron chi connectivity index (χ3n) is 3.03. The van der Waals surface area contributed by atoms with Gasteiger partial charge in [-0.25, -0.2) is 0 Å². The molecule has 2 saturated heterocycles. The molecule has 0 bridgehead atoms. The summed E-state index contributed by atoms with van der Waals surface area (Å²) in [4.78, 5) is 5.01. The smallest absolute Gasteiger partial charge is 0.0474 e. The fraction of sp³-hybridized carbons (Fsp3) is 1.00. The molecular weight excluding hydrogens is 124 g/mol. The molecule has 0 aromatic heterocycles. The molecule has 2 fully saturated rings. The Morgan fingerprint density at radius 1 is 1.40 bits per heavy atom. The van der Waals surface area contributed by atoms with Crippen molar-refractivity contribution in [2.45, 2.75) is 18.9 Å². The highest BCUT2D eigenvalue weighted by Gasteiger charge is 2.50. The topological polar surface area (TPSA) is 6.48 Å². The summed E-state index contributed by atoms with van der Waals surface area (Å²) in [5, 5.41) is 0. The van der Waals surface area contributed by atoms with Gasteiger partial charge >= 0.3 is 0 Å². The van der Waals surface area contributed by atoms with Gasteiger partial charge in [0.15, 0.2) is 0 Å². The van der Waals surface area contributed by atoms with Crippen LogP contribution in [0.3, 0.4) is 0 Å². The van der Waals surface area contributed by atoms with Crippen LogP contribution in [0.2, 0.25) is 0 Å². The Kier molecular flexibility index (Phi) is 1.29. The second-order valence-electron chi connectivity index (χ2n) is 3.73. The third kappa shape index (κ3) is 0.663. The highest BCUT2D eigenvalue weighted by molar-refractivity contribution is 5.09. The summed E-state index contributed by atoms with van der Waals surface area (Å²) in [6, 6.07) is 0. The summed E-state index contributed by atoms with van der Waals surface area (Å²) in [5.74, 6) is 0. The molecule has 0 aliphatic carbocycles. The maximum absolute atomic E-state index is 2.60. The van der Waals surface area contributed by atoms with Crippen LogP contribution in [0.5, 0.6) is 0 Å². The van der Waals surface area contributed by atoms with E-state index in [-0.39, 0.29) is 0 Å². The minimum atomic E-state index is 0.642. The maximum Gasteiger partial charge on any atom is 0.0474 e. The van der Waals surface area contributed by atoms with Crippen molar-refractivity contribution in [3.63, 3.8) is 0 Å². The van der Waals surface area contributed by atoms with E-state index in [0.717, 1.165) is 0 Å². The lowest BCUT2D eigenvalue weighted by atomic mass is 9.78. The normalized spacial score (nSPS) is 31.8. The molecule has 2 nitrogen and oxygen atoms in total. The number of likely N-dealkylation sites (tertiary alicyclic amines) is 2. The molecule has 2 rings (SSSR count). The van der Waals surface area contributed by atoms with Gasteiger partial charge in [0, 0.05) is 25.2 Å². The Morgan fingerprint density at radius 2 is 2.10 bits per heavy atom. The lowest BCUT2D eigenvalue weighted by Gasteiger charge is -2.62. The van der Waals surface area contributed by atoms with Gasteiger partial charge in [-0.15, -0.1) is 0 Å². The maximum atomic E-state index is 2.60. The first-order valence-electron chi connectivity index (χ1n) is 4.20. The number of likely N-dealkylation sites (N-methyl/N-ethyl adjacent to an activating group) is 2. The molecule has 0 aromatic carbocycles. The van der Waals surface area contributed by atoms with E-state index in [1.165, 1.54) is 32.6 Å². The lowest BCUT2D eigenvalue weighted by Crippen LogP contribution is -2.75. The summed E-state index contributed by atoms with van der Waals surface area (Å²) in [7, 11) is 2.21. The van der Waals surface area contributed by atoms with Gasteiger partial charge in [-0.1, -0.05) is 6.92 Å². The van der Waals surface area contributed by atoms with Gasteiger partial charge in [-0.3, -0.25) is 4.90 Å². The van der Waals surface area contributed by atoms with Crippen LogP contribution in [0, 0.1) is 0 Å². The zero-order chi connectivity index (χ0) is 7.19. The molecule has 0 N–H and O–H groups in total. The third-order valence-corrected chi connectivity index (χ3v) is 3.03. The quantitative estimate of drug-likeness (QED) is 0.520. The molecule has 0 saturated carbocycles. The second-order valence-corrected chi connectivity index (χ2v) is 3.73. The van der Waals surface area contributed by atoms with Crippen molar-refractivity contribution in [1.82, 2.24) is 9.80 Å². The molecule has 10 heavy (non-hydrogen) atoms. The SMILES string of the molecule is CCN1CCC12CN(C)C2. The van der Waals surface area contributed by atoms with Crippen LogP contribution in [-0.2, 0) is 0 Å². The number of rotatable bonds is 1. The van der Waals surface area contributed by atoms with Crippen LogP contribution in [0.4, 0.5) is 0 Å². The molecular formula is C8H16N2. The highest BCUT2D eigenvalue weighted by Crippen LogP contribution is 2.37. The fourth-order valence-corrected chi connectivity index (χ4v) is 2.40. The standard InChI is InChI=1S/C8H16N2/c1-3-10-5-4-8(10)6-9(2)7-8/h3-7H2,1-2H3. The Bertz CT molecular complexity index is 136. The molecule has 2 heterocycles. The summed E-state index contributed by atoms with van der Waals surface area (Å²) < 4.78 is 0. The summed E-state index contributed by atoms with van der Waals surface area (Å²) in [5.41, 5.74) is 0.642. The van der Waals surface area contributed by atoms with Gasteiger partial charge in [0.25, 0.3) is 0 Å². The van der Waals surface area contributed by atoms with Crippen LogP contribution in [-0.4, -0.2) is 48.6 Å². The molecule has 2 aliphatic rings. The van der Waals surface area contributed by atoms with Gasteiger partial charge in [-0.2, -0.15) is 0 Å². The van der Waals surface area contributed by atoms with Crippen molar-refractivity contribution in [2.75, 3.05) is 33.2 Å². The van der Waals surface area contributed by atoms with Crippen molar-refractivity contribution >= 4 is 0 Å². The molecule has 2 aliphatic heterocycles. The van der Waals surface area contributed by atoms with E-state index in [9.17, 15) is 0 Å². The second kappa shape index (κ2) is 1.95. The first kappa shape index (κ1) is 6.62. The minimum absolute atomic E-state index is 0.642. The first-order valence-corrected chi connectivity index (χ1v) is 4.20. The number of hydrogen-bond acceptors (Lipinski definition) is 2. The number of hydrogen-bond donors (Lipinski definition) is 0. The first-order chi connectivity index (χ1) is 4.77. The molecule has 0 amide bonds. The Morgan fingerprint density at radius 3 is 2.40 bits per heavy atom. The van der Waals surface area contributed by atoms with Gasteiger partial charge < -0.3 is 4.90 Å². The van der Waals surface area contributed by atoms with Crippen LogP contribution in [0.25, 0.3) is 0 Å². The van der Waals surface area contributed by atoms with E-state index >= 15 is 0 Å². The predicted octanol–water partition coefficient (Wildman–Crippen LogP) is 0.396. The van der Waals surface area contributed by atoms with Crippen molar-refractivity contribution < 1.29 is 0 Å². The van der Waals surface area contributed by atoms with Gasteiger partial charge in [0.2, 0.25) is 0 Å². The fourth-order valence-electron chi connectivity index (χ4n) is 2.40. The molecule has 0 unspecified atom stereocenters. The predicted molar refractivity (Wildman–Crippen MR) is 42.1 cm³/mol. The zero-order valence-electron chi connectivity index (χ0n) is 6.93. The lowest BCUT2D eigenvalue weighted by molar-refractivity contribution is -0.110. The molecule has 0 atom stereocenters. The largest absolute Gasteiger partial charge is 0.303 e. The molecule has 1 spiro atoms. The van der Waals surface area contributed by atoms with E-state index in [2.05, 4.69) is 23.8 Å². The van der Waals surface area contributed by atoms with Crippen molar-refractivity contribution in [2.24, 2.45) is 0 Å². The average molecular weight is 140 g/mol. The minimum Gasteiger partial charge on any atom is -0.303 e. The summed E-state index contributed by atoms with van der Waals surface area (Å²) in [6.45, 7) is 7.46. The van der Waals surface area contributed by atoms with Gasteiger partial charge in [-0.05, 0) is 20.0 Å². The molecule has 58 valence electrons. The Hall–Kier alpha value is -0.0800. The monoisotopic (exact) mass is 140 g/mol. The Balaban J connectivity index is 1.93. The van der Waals surface area contributed by atoms with Crippen LogP contribution in [0.1, 0.15) is 13.3 Å². The van der Waals surface area contributed by atoms with E-state index in [0.29, 0.717) is 5.54 Å². The van der Waals surface area contributed by atoms with E-state index in [1.54, 1.807) is 0 Å². The summed E-state index contributed by atoms with van der Waals surface area (Å²) >= 11 is 0. The van der Waals surface area contributed by atoms with Crippen molar-refractivity contribution in [3.05, 3.63) is 0 Å². The number of nitrogens with zero attached hydrogens (tertiary/aromatic N) is 2. The van der Waals surface area contributed by atoms with Crippen molar-refractivity contribution in [1.29, 1.82) is 0 Å².